The number of aliphatic carboxylic acids is 1. The maximum atomic E-state index is 10.7. The molecule has 11 heavy (non-hydrogen) atoms. The number of carbonyl (C=O) groups is 1. The van der Waals surface area contributed by atoms with Gasteiger partial charge in [-0.25, -0.2) is 4.79 Å². The van der Waals surface area contributed by atoms with Gasteiger partial charge in [-0.3, -0.25) is 0 Å². The second kappa shape index (κ2) is 2.10. The topological polar surface area (TPSA) is 37.3 Å². The largest absolute Gasteiger partial charge is 0.478 e. The van der Waals surface area contributed by atoms with Gasteiger partial charge in [0.05, 0.1) is 0 Å². The average Bonchev–Trinajstić information content (AvgIpc) is 2.44. The maximum Gasteiger partial charge on any atom is 0.331 e. The van der Waals surface area contributed by atoms with E-state index in [9.17, 15) is 4.79 Å². The number of carboxylic acid groups (broad SMARTS) is 1. The van der Waals surface area contributed by atoms with Crippen molar-refractivity contribution in [3.8, 4) is 0 Å². The lowest BCUT2D eigenvalue weighted by atomic mass is 9.93. The third kappa shape index (κ3) is 0.817. The average molecular weight is 152 g/mol. The Morgan fingerprint density at radius 2 is 2.09 bits per heavy atom. The summed E-state index contributed by atoms with van der Waals surface area (Å²) < 4.78 is 0. The molecule has 2 atom stereocenters. The molecule has 2 aliphatic carbocycles. The van der Waals surface area contributed by atoms with Crippen molar-refractivity contribution < 1.29 is 9.90 Å². The molecule has 0 aromatic carbocycles. The second-order valence-corrected chi connectivity index (χ2v) is 3.61. The predicted octanol–water partition coefficient (Wildman–Crippen LogP) is 1.82. The van der Waals surface area contributed by atoms with Gasteiger partial charge in [-0.1, -0.05) is 5.57 Å². The SMILES string of the molecule is CC1=C(C(=O)O)[C@@H]2CCC1C2. The van der Waals surface area contributed by atoms with Crippen molar-refractivity contribution in [2.75, 3.05) is 0 Å². The Balaban J connectivity index is 2.37. The van der Waals surface area contributed by atoms with Gasteiger partial charge in [0.15, 0.2) is 0 Å². The number of hydrogen-bond acceptors (Lipinski definition) is 1. The molecule has 0 aliphatic heterocycles. The summed E-state index contributed by atoms with van der Waals surface area (Å²) in [5, 5.41) is 8.85. The highest BCUT2D eigenvalue weighted by Gasteiger charge is 2.39. The zero-order chi connectivity index (χ0) is 8.01. The van der Waals surface area contributed by atoms with Gasteiger partial charge in [0, 0.05) is 5.57 Å². The molecule has 2 bridgehead atoms. The normalized spacial score (nSPS) is 35.0. The van der Waals surface area contributed by atoms with E-state index in [-0.39, 0.29) is 0 Å². The van der Waals surface area contributed by atoms with Gasteiger partial charge in [0.2, 0.25) is 0 Å². The van der Waals surface area contributed by atoms with Crippen molar-refractivity contribution in [3.05, 3.63) is 11.1 Å². The Kier molecular flexibility index (Phi) is 1.31. The van der Waals surface area contributed by atoms with Crippen LogP contribution in [0.4, 0.5) is 0 Å². The fraction of sp³-hybridized carbons (Fsp3) is 0.667. The highest BCUT2D eigenvalue weighted by molar-refractivity contribution is 5.89. The van der Waals surface area contributed by atoms with Crippen molar-refractivity contribution in [2.45, 2.75) is 26.2 Å². The van der Waals surface area contributed by atoms with Crippen molar-refractivity contribution >= 4 is 5.97 Å². The molecule has 0 heterocycles. The van der Waals surface area contributed by atoms with Crippen LogP contribution in [0, 0.1) is 11.8 Å². The molecule has 60 valence electrons. The summed E-state index contributed by atoms with van der Waals surface area (Å²) in [5.74, 6) is 0.304. The molecule has 1 N–H and O–H groups in total. The molecule has 0 radical (unpaired) electrons. The van der Waals surface area contributed by atoms with E-state index < -0.39 is 5.97 Å². The smallest absolute Gasteiger partial charge is 0.331 e. The number of carboxylic acids is 1. The lowest BCUT2D eigenvalue weighted by Gasteiger charge is -2.12. The molecule has 1 saturated carbocycles. The Morgan fingerprint density at radius 3 is 2.45 bits per heavy atom. The summed E-state index contributed by atoms with van der Waals surface area (Å²) in [7, 11) is 0. The van der Waals surface area contributed by atoms with E-state index in [1.54, 1.807) is 0 Å². The molecular weight excluding hydrogens is 140 g/mol. The first-order valence-corrected chi connectivity index (χ1v) is 4.14. The van der Waals surface area contributed by atoms with E-state index >= 15 is 0 Å². The Hall–Kier alpha value is -0.790. The van der Waals surface area contributed by atoms with Crippen LogP contribution >= 0.6 is 0 Å². The minimum absolute atomic E-state index is 0.387. The van der Waals surface area contributed by atoms with Crippen LogP contribution in [0.5, 0.6) is 0 Å². The van der Waals surface area contributed by atoms with Crippen LogP contribution in [0.1, 0.15) is 26.2 Å². The summed E-state index contributed by atoms with van der Waals surface area (Å²) in [6.45, 7) is 1.98. The molecule has 1 fully saturated rings. The summed E-state index contributed by atoms with van der Waals surface area (Å²) in [6.07, 6.45) is 3.42. The van der Waals surface area contributed by atoms with E-state index in [0.29, 0.717) is 11.8 Å². The number of hydrogen-bond donors (Lipinski definition) is 1. The van der Waals surface area contributed by atoms with Gasteiger partial charge in [-0.2, -0.15) is 0 Å². The van der Waals surface area contributed by atoms with Crippen LogP contribution in [0.25, 0.3) is 0 Å². The van der Waals surface area contributed by atoms with E-state index in [1.807, 2.05) is 6.92 Å². The van der Waals surface area contributed by atoms with Crippen molar-refractivity contribution in [3.63, 3.8) is 0 Å². The lowest BCUT2D eigenvalue weighted by Crippen LogP contribution is -2.10. The lowest BCUT2D eigenvalue weighted by molar-refractivity contribution is -0.133. The van der Waals surface area contributed by atoms with Crippen LogP contribution in [0.2, 0.25) is 0 Å². The fourth-order valence-electron chi connectivity index (χ4n) is 2.52. The van der Waals surface area contributed by atoms with Gasteiger partial charge in [-0.05, 0) is 38.0 Å². The summed E-state index contributed by atoms with van der Waals surface area (Å²) in [4.78, 5) is 10.7. The van der Waals surface area contributed by atoms with Crippen LogP contribution in [0.3, 0.4) is 0 Å². The Bertz CT molecular complexity index is 240. The van der Waals surface area contributed by atoms with Gasteiger partial charge in [0.1, 0.15) is 0 Å². The first-order chi connectivity index (χ1) is 5.20. The minimum Gasteiger partial charge on any atom is -0.478 e. The van der Waals surface area contributed by atoms with Crippen LogP contribution in [-0.4, -0.2) is 11.1 Å². The van der Waals surface area contributed by atoms with E-state index in [2.05, 4.69) is 0 Å². The zero-order valence-electron chi connectivity index (χ0n) is 6.63. The van der Waals surface area contributed by atoms with Crippen molar-refractivity contribution in [2.24, 2.45) is 11.8 Å². The van der Waals surface area contributed by atoms with Crippen molar-refractivity contribution in [1.29, 1.82) is 0 Å². The van der Waals surface area contributed by atoms with Crippen LogP contribution < -0.4 is 0 Å². The standard InChI is InChI=1S/C9H12O2/c1-5-6-2-3-7(4-6)8(5)9(10)11/h6-7H,2-4H2,1H3,(H,10,11)/t6?,7-/m1/s1. The third-order valence-corrected chi connectivity index (χ3v) is 3.11. The Morgan fingerprint density at radius 1 is 1.45 bits per heavy atom. The van der Waals surface area contributed by atoms with Gasteiger partial charge < -0.3 is 5.11 Å². The quantitative estimate of drug-likeness (QED) is 0.622. The highest BCUT2D eigenvalue weighted by Crippen LogP contribution is 2.48. The molecule has 2 heteroatoms. The number of allylic oxidation sites excluding steroid dienone is 1. The molecule has 2 aliphatic rings. The monoisotopic (exact) mass is 152 g/mol. The van der Waals surface area contributed by atoms with Gasteiger partial charge in [-0.15, -0.1) is 0 Å². The van der Waals surface area contributed by atoms with E-state index in [4.69, 9.17) is 5.11 Å². The fourth-order valence-corrected chi connectivity index (χ4v) is 2.52. The number of fused-ring (bicyclic) bond motifs is 2. The summed E-state index contributed by atoms with van der Waals surface area (Å²) in [6, 6.07) is 0. The molecule has 0 spiro atoms. The molecule has 0 amide bonds. The van der Waals surface area contributed by atoms with E-state index in [0.717, 1.165) is 24.0 Å². The number of rotatable bonds is 1. The molecule has 2 nitrogen and oxygen atoms in total. The van der Waals surface area contributed by atoms with E-state index in [1.165, 1.54) is 6.42 Å². The highest BCUT2D eigenvalue weighted by atomic mass is 16.4. The maximum absolute atomic E-state index is 10.7. The van der Waals surface area contributed by atoms with Gasteiger partial charge in [0.25, 0.3) is 0 Å². The Labute approximate surface area is 65.9 Å². The van der Waals surface area contributed by atoms with Crippen LogP contribution in [-0.2, 0) is 4.79 Å². The third-order valence-electron chi connectivity index (χ3n) is 3.11. The summed E-state index contributed by atoms with van der Waals surface area (Å²) in [5.41, 5.74) is 1.87. The molecule has 0 aromatic heterocycles. The first-order valence-electron chi connectivity index (χ1n) is 4.14. The molecule has 0 saturated heterocycles. The van der Waals surface area contributed by atoms with Crippen molar-refractivity contribution in [1.82, 2.24) is 0 Å². The minimum atomic E-state index is -0.685. The van der Waals surface area contributed by atoms with Gasteiger partial charge >= 0.3 is 5.97 Å². The van der Waals surface area contributed by atoms with Crippen LogP contribution in [0.15, 0.2) is 11.1 Å². The summed E-state index contributed by atoms with van der Waals surface area (Å²) >= 11 is 0. The molecule has 1 unspecified atom stereocenters. The molecular formula is C9H12O2. The zero-order valence-corrected chi connectivity index (χ0v) is 6.63. The molecule has 2 rings (SSSR count). The molecule has 0 aromatic rings. The second-order valence-electron chi connectivity index (χ2n) is 3.61. The first kappa shape index (κ1) is 6.89. The predicted molar refractivity (Wildman–Crippen MR) is 41.2 cm³/mol.